The number of carbonyl (C=O) groups excluding carboxylic acids is 1. The molecule has 0 aliphatic carbocycles. The summed E-state index contributed by atoms with van der Waals surface area (Å²) in [6.07, 6.45) is 1.12. The molecule has 3 rings (SSSR count). The van der Waals surface area contributed by atoms with Gasteiger partial charge in [0.2, 0.25) is 5.91 Å². The van der Waals surface area contributed by atoms with E-state index in [1.165, 1.54) is 24.3 Å². The van der Waals surface area contributed by atoms with Crippen LogP contribution in [0.2, 0.25) is 5.02 Å². The SMILES string of the molecule is Cc1c(Cl)cccc1N(CC(=O)N[C@H](C)c1ccc(S(C)(=O)=O)cc1)S(=O)(=O)c1ccccc1. The average molecular weight is 521 g/mol. The van der Waals surface area contributed by atoms with Crippen molar-refractivity contribution in [3.63, 3.8) is 0 Å². The smallest absolute Gasteiger partial charge is 0.264 e. The Morgan fingerprint density at radius 2 is 1.53 bits per heavy atom. The number of sulfonamides is 1. The van der Waals surface area contributed by atoms with E-state index in [-0.39, 0.29) is 9.79 Å². The molecule has 0 saturated carbocycles. The summed E-state index contributed by atoms with van der Waals surface area (Å²) in [7, 11) is -7.40. The molecule has 0 aromatic heterocycles. The summed E-state index contributed by atoms with van der Waals surface area (Å²) in [6.45, 7) is 2.95. The first-order valence-electron chi connectivity index (χ1n) is 10.3. The van der Waals surface area contributed by atoms with E-state index in [1.807, 2.05) is 0 Å². The molecule has 0 fully saturated rings. The zero-order valence-corrected chi connectivity index (χ0v) is 21.3. The highest BCUT2D eigenvalue weighted by Gasteiger charge is 2.29. The number of anilines is 1. The molecule has 1 amide bonds. The maximum Gasteiger partial charge on any atom is 0.264 e. The minimum absolute atomic E-state index is 0.0478. The van der Waals surface area contributed by atoms with Crippen LogP contribution in [-0.2, 0) is 24.7 Å². The second-order valence-electron chi connectivity index (χ2n) is 7.84. The van der Waals surface area contributed by atoms with Crippen molar-refractivity contribution in [2.45, 2.75) is 29.7 Å². The number of carbonyl (C=O) groups is 1. The van der Waals surface area contributed by atoms with Crippen molar-refractivity contribution in [3.05, 3.63) is 88.9 Å². The lowest BCUT2D eigenvalue weighted by molar-refractivity contribution is -0.120. The number of nitrogens with one attached hydrogen (secondary N) is 1. The summed E-state index contributed by atoms with van der Waals surface area (Å²) in [5.74, 6) is -0.529. The van der Waals surface area contributed by atoms with Gasteiger partial charge >= 0.3 is 0 Å². The number of rotatable bonds is 8. The fraction of sp³-hybridized carbons (Fsp3) is 0.208. The predicted molar refractivity (Wildman–Crippen MR) is 133 cm³/mol. The first-order chi connectivity index (χ1) is 15.9. The minimum atomic E-state index is -4.06. The largest absolute Gasteiger partial charge is 0.348 e. The molecule has 10 heteroatoms. The van der Waals surface area contributed by atoms with Crippen LogP contribution in [0.5, 0.6) is 0 Å². The van der Waals surface area contributed by atoms with Crippen molar-refractivity contribution >= 4 is 43.1 Å². The Labute approximate surface area is 205 Å². The molecular formula is C24H25ClN2O5S2. The Balaban J connectivity index is 1.89. The van der Waals surface area contributed by atoms with Crippen molar-refractivity contribution in [1.82, 2.24) is 5.32 Å². The van der Waals surface area contributed by atoms with Gasteiger partial charge in [0.25, 0.3) is 10.0 Å². The fourth-order valence-corrected chi connectivity index (χ4v) is 5.69. The maximum atomic E-state index is 13.5. The van der Waals surface area contributed by atoms with Crippen molar-refractivity contribution in [1.29, 1.82) is 0 Å². The van der Waals surface area contributed by atoms with Crippen LogP contribution in [0.1, 0.15) is 24.1 Å². The molecule has 3 aromatic carbocycles. The average Bonchev–Trinajstić information content (AvgIpc) is 2.79. The molecule has 0 aliphatic rings. The summed E-state index contributed by atoms with van der Waals surface area (Å²) in [5, 5.41) is 3.16. The standard InChI is InChI=1S/C24H25ClN2O5S2/c1-17-22(25)10-7-11-23(17)27(34(31,32)21-8-5-4-6-9-21)16-24(28)26-18(2)19-12-14-20(15-13-19)33(3,29)30/h4-15,18H,16H2,1-3H3,(H,26,28)/t18-/m1/s1. The Morgan fingerprint density at radius 3 is 2.12 bits per heavy atom. The molecule has 1 N–H and O–H groups in total. The highest BCUT2D eigenvalue weighted by atomic mass is 35.5. The Hall–Kier alpha value is -2.88. The molecule has 0 unspecified atom stereocenters. The molecule has 7 nitrogen and oxygen atoms in total. The molecule has 3 aromatic rings. The molecule has 180 valence electrons. The van der Waals surface area contributed by atoms with E-state index in [4.69, 9.17) is 11.6 Å². The minimum Gasteiger partial charge on any atom is -0.348 e. The molecule has 0 radical (unpaired) electrons. The summed E-state index contributed by atoms with van der Waals surface area (Å²) >= 11 is 6.23. The van der Waals surface area contributed by atoms with Crippen LogP contribution in [0.15, 0.2) is 82.6 Å². The van der Waals surface area contributed by atoms with E-state index in [1.54, 1.807) is 62.4 Å². The summed E-state index contributed by atoms with van der Waals surface area (Å²) in [5.41, 5.74) is 1.51. The number of benzene rings is 3. The lowest BCUT2D eigenvalue weighted by atomic mass is 10.1. The molecule has 0 saturated heterocycles. The van der Waals surface area contributed by atoms with Gasteiger partial charge in [-0.25, -0.2) is 16.8 Å². The third-order valence-corrected chi connectivity index (χ3v) is 8.62. The van der Waals surface area contributed by atoms with E-state index in [0.29, 0.717) is 21.8 Å². The summed E-state index contributed by atoms with van der Waals surface area (Å²) < 4.78 is 51.3. The van der Waals surface area contributed by atoms with Crippen LogP contribution in [-0.4, -0.2) is 35.5 Å². The van der Waals surface area contributed by atoms with Gasteiger partial charge in [0.15, 0.2) is 9.84 Å². The van der Waals surface area contributed by atoms with Crippen molar-refractivity contribution in [2.75, 3.05) is 17.1 Å². The summed E-state index contributed by atoms with van der Waals surface area (Å²) in [6, 6.07) is 18.4. The molecule has 0 heterocycles. The lowest BCUT2D eigenvalue weighted by Crippen LogP contribution is -2.42. The highest BCUT2D eigenvalue weighted by Crippen LogP contribution is 2.30. The first-order valence-corrected chi connectivity index (χ1v) is 14.0. The topological polar surface area (TPSA) is 101 Å². The Bertz CT molecular complexity index is 1390. The van der Waals surface area contributed by atoms with Crippen LogP contribution in [0.3, 0.4) is 0 Å². The number of halogens is 1. The van der Waals surface area contributed by atoms with Gasteiger partial charge in [0.05, 0.1) is 21.5 Å². The van der Waals surface area contributed by atoms with Crippen LogP contribution >= 0.6 is 11.6 Å². The van der Waals surface area contributed by atoms with E-state index >= 15 is 0 Å². The number of hydrogen-bond donors (Lipinski definition) is 1. The molecule has 0 spiro atoms. The lowest BCUT2D eigenvalue weighted by Gasteiger charge is -2.26. The van der Waals surface area contributed by atoms with Gasteiger partial charge in [-0.2, -0.15) is 0 Å². The zero-order chi connectivity index (χ0) is 25.1. The number of hydrogen-bond acceptors (Lipinski definition) is 5. The Morgan fingerprint density at radius 1 is 0.912 bits per heavy atom. The monoisotopic (exact) mass is 520 g/mol. The summed E-state index contributed by atoms with van der Waals surface area (Å²) in [4.78, 5) is 13.2. The number of sulfone groups is 1. The second kappa shape index (κ2) is 10.2. The van der Waals surface area contributed by atoms with Gasteiger partial charge in [0.1, 0.15) is 6.54 Å². The van der Waals surface area contributed by atoms with Crippen molar-refractivity contribution in [2.24, 2.45) is 0 Å². The van der Waals surface area contributed by atoms with Crippen molar-refractivity contribution < 1.29 is 21.6 Å². The van der Waals surface area contributed by atoms with Crippen molar-refractivity contribution in [3.8, 4) is 0 Å². The van der Waals surface area contributed by atoms with Crippen LogP contribution < -0.4 is 9.62 Å². The fourth-order valence-electron chi connectivity index (χ4n) is 3.39. The van der Waals surface area contributed by atoms with E-state index in [0.717, 1.165) is 10.6 Å². The molecular weight excluding hydrogens is 496 g/mol. The predicted octanol–water partition coefficient (Wildman–Crippen LogP) is 4.12. The quantitative estimate of drug-likeness (QED) is 0.481. The van der Waals surface area contributed by atoms with E-state index < -0.39 is 38.4 Å². The number of nitrogens with zero attached hydrogens (tertiary/aromatic N) is 1. The first kappa shape index (κ1) is 25.7. The molecule has 0 bridgehead atoms. The van der Waals surface area contributed by atoms with Gasteiger partial charge in [-0.15, -0.1) is 0 Å². The number of amides is 1. The van der Waals surface area contributed by atoms with Gasteiger partial charge in [-0.1, -0.05) is 48.0 Å². The normalized spacial score (nSPS) is 12.7. The second-order valence-corrected chi connectivity index (χ2v) is 12.1. The van der Waals surface area contributed by atoms with Gasteiger partial charge in [-0.05, 0) is 61.4 Å². The van der Waals surface area contributed by atoms with Crippen LogP contribution in [0.4, 0.5) is 5.69 Å². The van der Waals surface area contributed by atoms with E-state index in [9.17, 15) is 21.6 Å². The highest BCUT2D eigenvalue weighted by molar-refractivity contribution is 7.93. The Kier molecular flexibility index (Phi) is 7.70. The van der Waals surface area contributed by atoms with Crippen LogP contribution in [0, 0.1) is 6.92 Å². The van der Waals surface area contributed by atoms with Gasteiger partial charge in [-0.3, -0.25) is 9.10 Å². The zero-order valence-electron chi connectivity index (χ0n) is 18.9. The molecule has 34 heavy (non-hydrogen) atoms. The molecule has 0 aliphatic heterocycles. The maximum absolute atomic E-state index is 13.5. The van der Waals surface area contributed by atoms with Gasteiger partial charge in [0, 0.05) is 11.3 Å². The third-order valence-electron chi connectivity index (χ3n) is 5.31. The third kappa shape index (κ3) is 5.78. The van der Waals surface area contributed by atoms with E-state index in [2.05, 4.69) is 5.32 Å². The van der Waals surface area contributed by atoms with Gasteiger partial charge < -0.3 is 5.32 Å². The van der Waals surface area contributed by atoms with Crippen LogP contribution in [0.25, 0.3) is 0 Å². The molecule has 1 atom stereocenters.